The zero-order valence-electron chi connectivity index (χ0n) is 10.1. The third kappa shape index (κ3) is 3.98. The molecule has 0 bridgehead atoms. The van der Waals surface area contributed by atoms with Crippen LogP contribution in [-0.4, -0.2) is 5.91 Å². The highest BCUT2D eigenvalue weighted by atomic mass is 79.9. The zero-order chi connectivity index (χ0) is 13.8. The second-order valence-corrected chi connectivity index (χ2v) is 5.14. The van der Waals surface area contributed by atoms with Crippen LogP contribution in [0.2, 0.25) is 5.02 Å². The minimum atomic E-state index is -0.265. The number of carbonyl (C=O) groups excluding carboxylic acids is 1. The summed E-state index contributed by atoms with van der Waals surface area (Å²) < 4.78 is 5.87. The number of amides is 1. The molecule has 1 amide bonds. The van der Waals surface area contributed by atoms with E-state index in [1.165, 1.54) is 6.08 Å². The maximum absolute atomic E-state index is 11.7. The Hall–Kier alpha value is -1.52. The molecule has 1 aromatic carbocycles. The number of carbonyl (C=O) groups is 1. The van der Waals surface area contributed by atoms with Crippen molar-refractivity contribution in [3.05, 3.63) is 57.4 Å². The van der Waals surface area contributed by atoms with E-state index in [0.29, 0.717) is 21.1 Å². The number of benzene rings is 1. The van der Waals surface area contributed by atoms with E-state index in [4.69, 9.17) is 16.0 Å². The molecule has 2 aromatic rings. The molecule has 0 aliphatic rings. The van der Waals surface area contributed by atoms with Crippen LogP contribution in [0.25, 0.3) is 6.08 Å². The molecular formula is C14H11BrClNO2. The molecule has 0 aliphatic carbocycles. The summed E-state index contributed by atoms with van der Waals surface area (Å²) in [5, 5.41) is 3.22. The maximum atomic E-state index is 11.7. The minimum absolute atomic E-state index is 0.265. The molecule has 1 N–H and O–H groups in total. The summed E-state index contributed by atoms with van der Waals surface area (Å²) in [4.78, 5) is 11.7. The normalized spacial score (nSPS) is 10.9. The van der Waals surface area contributed by atoms with Crippen molar-refractivity contribution in [1.29, 1.82) is 0 Å². The molecule has 2 rings (SSSR count). The highest BCUT2D eigenvalue weighted by Crippen LogP contribution is 2.22. The van der Waals surface area contributed by atoms with Crippen LogP contribution in [0.5, 0.6) is 0 Å². The van der Waals surface area contributed by atoms with E-state index < -0.39 is 0 Å². The molecule has 0 saturated carbocycles. The van der Waals surface area contributed by atoms with Gasteiger partial charge in [0.05, 0.1) is 10.7 Å². The van der Waals surface area contributed by atoms with Gasteiger partial charge in [0.2, 0.25) is 5.91 Å². The van der Waals surface area contributed by atoms with Crippen LogP contribution in [0.4, 0.5) is 5.69 Å². The number of halogens is 2. The summed E-state index contributed by atoms with van der Waals surface area (Å²) in [7, 11) is 0. The molecular weight excluding hydrogens is 330 g/mol. The Labute approximate surface area is 124 Å². The van der Waals surface area contributed by atoms with E-state index in [9.17, 15) is 4.79 Å². The van der Waals surface area contributed by atoms with E-state index in [1.807, 2.05) is 13.0 Å². The summed E-state index contributed by atoms with van der Waals surface area (Å²) in [6, 6.07) is 8.97. The quantitative estimate of drug-likeness (QED) is 0.826. The van der Waals surface area contributed by atoms with Crippen molar-refractivity contribution in [2.24, 2.45) is 0 Å². The van der Waals surface area contributed by atoms with Crippen LogP contribution in [-0.2, 0) is 4.79 Å². The van der Waals surface area contributed by atoms with Crippen molar-refractivity contribution in [2.45, 2.75) is 6.92 Å². The van der Waals surface area contributed by atoms with Crippen molar-refractivity contribution in [1.82, 2.24) is 0 Å². The lowest BCUT2D eigenvalue weighted by Gasteiger charge is -2.05. The number of nitrogens with one attached hydrogen (secondary N) is 1. The predicted octanol–water partition coefficient (Wildman–Crippen LogP) is 4.66. The lowest BCUT2D eigenvalue weighted by molar-refractivity contribution is -0.111. The topological polar surface area (TPSA) is 42.2 Å². The van der Waals surface area contributed by atoms with Gasteiger partial charge in [-0.25, -0.2) is 0 Å². The van der Waals surface area contributed by atoms with Gasteiger partial charge < -0.3 is 9.73 Å². The summed E-state index contributed by atoms with van der Waals surface area (Å²) in [6.07, 6.45) is 2.98. The Morgan fingerprint density at radius 2 is 2.16 bits per heavy atom. The summed E-state index contributed by atoms with van der Waals surface area (Å²) in [5.74, 6) is 0.329. The van der Waals surface area contributed by atoms with Gasteiger partial charge in [0, 0.05) is 6.08 Å². The molecule has 0 aliphatic heterocycles. The Kier molecular flexibility index (Phi) is 4.45. The van der Waals surface area contributed by atoms with Crippen molar-refractivity contribution >= 4 is 45.2 Å². The first kappa shape index (κ1) is 13.9. The van der Waals surface area contributed by atoms with Gasteiger partial charge in [-0.3, -0.25) is 4.79 Å². The van der Waals surface area contributed by atoms with Crippen molar-refractivity contribution in [3.63, 3.8) is 0 Å². The molecule has 0 saturated heterocycles. The fourth-order valence-corrected chi connectivity index (χ4v) is 2.07. The largest absolute Gasteiger partial charge is 0.450 e. The van der Waals surface area contributed by atoms with Crippen molar-refractivity contribution in [3.8, 4) is 0 Å². The number of rotatable bonds is 3. The van der Waals surface area contributed by atoms with Gasteiger partial charge in [-0.15, -0.1) is 0 Å². The van der Waals surface area contributed by atoms with Gasteiger partial charge in [0.15, 0.2) is 4.67 Å². The van der Waals surface area contributed by atoms with E-state index in [0.717, 1.165) is 5.56 Å². The van der Waals surface area contributed by atoms with Crippen LogP contribution in [0.15, 0.2) is 45.5 Å². The SMILES string of the molecule is Cc1ccc(NC(=O)C=Cc2ccc(Br)o2)c(Cl)c1. The van der Waals surface area contributed by atoms with Crippen LogP contribution in [0, 0.1) is 6.92 Å². The first-order valence-electron chi connectivity index (χ1n) is 5.55. The molecule has 5 heteroatoms. The number of furan rings is 1. The molecule has 0 radical (unpaired) electrons. The molecule has 98 valence electrons. The summed E-state index contributed by atoms with van der Waals surface area (Å²) in [5.41, 5.74) is 1.63. The predicted molar refractivity (Wildman–Crippen MR) is 80.3 cm³/mol. The highest BCUT2D eigenvalue weighted by Gasteiger charge is 2.03. The van der Waals surface area contributed by atoms with Crippen molar-refractivity contribution < 1.29 is 9.21 Å². The molecule has 1 heterocycles. The standard InChI is InChI=1S/C14H11BrClNO2/c1-9-2-5-12(11(16)8-9)17-14(18)7-4-10-3-6-13(15)19-10/h2-8H,1H3,(H,17,18). The number of aryl methyl sites for hydroxylation is 1. The first-order valence-corrected chi connectivity index (χ1v) is 6.72. The number of hydrogen-bond donors (Lipinski definition) is 1. The molecule has 0 spiro atoms. The fourth-order valence-electron chi connectivity index (χ4n) is 1.47. The average Bonchev–Trinajstić information content (AvgIpc) is 2.76. The number of anilines is 1. The van der Waals surface area contributed by atoms with E-state index in [-0.39, 0.29) is 5.91 Å². The van der Waals surface area contributed by atoms with E-state index >= 15 is 0 Å². The Morgan fingerprint density at radius 1 is 1.37 bits per heavy atom. The van der Waals surface area contributed by atoms with Gasteiger partial charge in [-0.05, 0) is 58.8 Å². The third-order valence-electron chi connectivity index (χ3n) is 2.38. The van der Waals surface area contributed by atoms with Gasteiger partial charge in [0.25, 0.3) is 0 Å². The summed E-state index contributed by atoms with van der Waals surface area (Å²) in [6.45, 7) is 1.94. The molecule has 1 aromatic heterocycles. The van der Waals surface area contributed by atoms with Gasteiger partial charge in [-0.1, -0.05) is 17.7 Å². The Morgan fingerprint density at radius 3 is 2.79 bits per heavy atom. The van der Waals surface area contributed by atoms with Crippen LogP contribution in [0.3, 0.4) is 0 Å². The first-order chi connectivity index (χ1) is 9.04. The fraction of sp³-hybridized carbons (Fsp3) is 0.0714. The minimum Gasteiger partial charge on any atom is -0.450 e. The highest BCUT2D eigenvalue weighted by molar-refractivity contribution is 9.10. The molecule has 3 nitrogen and oxygen atoms in total. The van der Waals surface area contributed by atoms with Crippen molar-refractivity contribution in [2.75, 3.05) is 5.32 Å². The molecule has 0 atom stereocenters. The molecule has 0 fully saturated rings. The second-order valence-electron chi connectivity index (χ2n) is 3.95. The number of hydrogen-bond acceptors (Lipinski definition) is 2. The molecule has 19 heavy (non-hydrogen) atoms. The lowest BCUT2D eigenvalue weighted by atomic mass is 10.2. The van der Waals surface area contributed by atoms with E-state index in [2.05, 4.69) is 21.2 Å². The van der Waals surface area contributed by atoms with Crippen LogP contribution >= 0.6 is 27.5 Å². The molecule has 0 unspecified atom stereocenters. The Balaban J connectivity index is 2.03. The van der Waals surface area contributed by atoms with Crippen LogP contribution in [0.1, 0.15) is 11.3 Å². The second kappa shape index (κ2) is 6.08. The lowest BCUT2D eigenvalue weighted by Crippen LogP contribution is -2.08. The average molecular weight is 341 g/mol. The van der Waals surface area contributed by atoms with Crippen LogP contribution < -0.4 is 5.32 Å². The van der Waals surface area contributed by atoms with Gasteiger partial charge in [-0.2, -0.15) is 0 Å². The summed E-state index contributed by atoms with van der Waals surface area (Å²) >= 11 is 9.22. The van der Waals surface area contributed by atoms with Gasteiger partial charge >= 0.3 is 0 Å². The third-order valence-corrected chi connectivity index (χ3v) is 3.11. The van der Waals surface area contributed by atoms with Gasteiger partial charge in [0.1, 0.15) is 5.76 Å². The smallest absolute Gasteiger partial charge is 0.248 e. The van der Waals surface area contributed by atoms with E-state index in [1.54, 1.807) is 30.3 Å². The Bertz CT molecular complexity index is 634. The maximum Gasteiger partial charge on any atom is 0.248 e. The monoisotopic (exact) mass is 339 g/mol. The zero-order valence-corrected chi connectivity index (χ0v) is 12.5.